The van der Waals surface area contributed by atoms with Gasteiger partial charge in [-0.15, -0.1) is 12.4 Å². The van der Waals surface area contributed by atoms with Gasteiger partial charge in [-0.2, -0.15) is 5.10 Å². The summed E-state index contributed by atoms with van der Waals surface area (Å²) in [6.45, 7) is 2.18. The van der Waals surface area contributed by atoms with Crippen molar-refractivity contribution in [3.05, 3.63) is 48.5 Å². The van der Waals surface area contributed by atoms with Crippen LogP contribution in [0.4, 0.5) is 4.39 Å². The third-order valence-corrected chi connectivity index (χ3v) is 4.25. The fourth-order valence-corrected chi connectivity index (χ4v) is 2.98. The van der Waals surface area contributed by atoms with Crippen LogP contribution in [0.3, 0.4) is 0 Å². The minimum atomic E-state index is -0.659. The van der Waals surface area contributed by atoms with Gasteiger partial charge in [0.2, 0.25) is 5.91 Å². The highest BCUT2D eigenvalue weighted by molar-refractivity contribution is 5.85. The molecule has 0 bridgehead atoms. The van der Waals surface area contributed by atoms with E-state index in [-0.39, 0.29) is 30.7 Å². The average Bonchev–Trinajstić information content (AvgIpc) is 3.14. The van der Waals surface area contributed by atoms with Crippen molar-refractivity contribution in [2.24, 2.45) is 0 Å². The molecule has 1 aromatic carbocycles. The molecule has 1 fully saturated rings. The maximum atomic E-state index is 13.1. The van der Waals surface area contributed by atoms with Crippen LogP contribution in [-0.4, -0.2) is 41.9 Å². The van der Waals surface area contributed by atoms with Gasteiger partial charge in [0.05, 0.1) is 6.54 Å². The lowest BCUT2D eigenvalue weighted by atomic mass is 9.87. The zero-order valence-electron chi connectivity index (χ0n) is 13.8. The Labute approximate surface area is 152 Å². The average molecular weight is 369 g/mol. The highest BCUT2D eigenvalue weighted by atomic mass is 35.5. The molecular formula is C17H22ClFN4O2. The van der Waals surface area contributed by atoms with Gasteiger partial charge < -0.3 is 15.4 Å². The van der Waals surface area contributed by atoms with E-state index in [2.05, 4.69) is 15.7 Å². The molecule has 2 aromatic rings. The maximum Gasteiger partial charge on any atom is 0.248 e. The monoisotopic (exact) mass is 368 g/mol. The number of hydrogen-bond acceptors (Lipinski definition) is 4. The van der Waals surface area contributed by atoms with Gasteiger partial charge in [0.1, 0.15) is 23.7 Å². The fraction of sp³-hybridized carbons (Fsp3) is 0.412. The topological polar surface area (TPSA) is 68.2 Å². The number of rotatable bonds is 6. The van der Waals surface area contributed by atoms with Crippen molar-refractivity contribution in [3.8, 4) is 5.75 Å². The number of benzene rings is 1. The Hall–Kier alpha value is -2.12. The van der Waals surface area contributed by atoms with Gasteiger partial charge in [0.25, 0.3) is 0 Å². The Bertz CT molecular complexity index is 675. The van der Waals surface area contributed by atoms with Gasteiger partial charge >= 0.3 is 0 Å². The summed E-state index contributed by atoms with van der Waals surface area (Å²) in [6, 6.07) is 7.78. The van der Waals surface area contributed by atoms with Crippen LogP contribution in [0.15, 0.2) is 42.7 Å². The van der Waals surface area contributed by atoms with Crippen LogP contribution in [0.25, 0.3) is 0 Å². The first kappa shape index (κ1) is 19.2. The van der Waals surface area contributed by atoms with E-state index in [1.165, 1.54) is 12.1 Å². The van der Waals surface area contributed by atoms with E-state index < -0.39 is 5.54 Å². The van der Waals surface area contributed by atoms with Gasteiger partial charge in [-0.25, -0.2) is 4.39 Å². The van der Waals surface area contributed by atoms with E-state index in [0.29, 0.717) is 25.1 Å². The lowest BCUT2D eigenvalue weighted by molar-refractivity contribution is -0.132. The quantitative estimate of drug-likeness (QED) is 0.762. The molecule has 0 unspecified atom stereocenters. The number of ether oxygens (including phenoxy) is 1. The van der Waals surface area contributed by atoms with Crippen LogP contribution in [0.1, 0.15) is 12.8 Å². The number of amides is 1. The highest BCUT2D eigenvalue weighted by Crippen LogP contribution is 2.27. The third kappa shape index (κ3) is 4.49. The molecule has 25 heavy (non-hydrogen) atoms. The normalized spacial score (nSPS) is 15.9. The lowest BCUT2D eigenvalue weighted by Gasteiger charge is -2.36. The van der Waals surface area contributed by atoms with Crippen LogP contribution in [0.5, 0.6) is 5.75 Å². The molecule has 2 N–H and O–H groups in total. The second-order valence-corrected chi connectivity index (χ2v) is 5.79. The van der Waals surface area contributed by atoms with E-state index in [1.807, 2.05) is 12.3 Å². The van der Waals surface area contributed by atoms with Crippen LogP contribution >= 0.6 is 12.4 Å². The number of piperidine rings is 1. The van der Waals surface area contributed by atoms with Crippen molar-refractivity contribution in [2.45, 2.75) is 18.4 Å². The molecule has 0 saturated carbocycles. The Balaban J connectivity index is 0.00000225. The van der Waals surface area contributed by atoms with Gasteiger partial charge in [-0.05, 0) is 44.1 Å². The summed E-state index contributed by atoms with van der Waals surface area (Å²) in [5.74, 6) is 0.0484. The van der Waals surface area contributed by atoms with Crippen LogP contribution in [-0.2, 0) is 10.3 Å². The minimum absolute atomic E-state index is 0. The molecule has 0 aliphatic carbocycles. The number of aromatic nitrogens is 2. The number of carbonyl (C=O) groups is 1. The molecule has 1 saturated heterocycles. The zero-order chi connectivity index (χ0) is 16.8. The Kier molecular flexibility index (Phi) is 6.78. The Morgan fingerprint density at radius 3 is 2.84 bits per heavy atom. The summed E-state index contributed by atoms with van der Waals surface area (Å²) in [6.07, 6.45) is 4.88. The van der Waals surface area contributed by atoms with Crippen molar-refractivity contribution in [2.75, 3.05) is 26.2 Å². The van der Waals surface area contributed by atoms with Crippen LogP contribution < -0.4 is 15.4 Å². The van der Waals surface area contributed by atoms with Crippen molar-refractivity contribution in [3.63, 3.8) is 0 Å². The maximum absolute atomic E-state index is 13.1. The van der Waals surface area contributed by atoms with E-state index in [9.17, 15) is 9.18 Å². The molecule has 0 spiro atoms. The first-order chi connectivity index (χ1) is 11.7. The Morgan fingerprint density at radius 2 is 2.16 bits per heavy atom. The number of nitrogens with one attached hydrogen (secondary N) is 2. The first-order valence-corrected chi connectivity index (χ1v) is 8.08. The van der Waals surface area contributed by atoms with Crippen LogP contribution in [0, 0.1) is 5.82 Å². The van der Waals surface area contributed by atoms with E-state index >= 15 is 0 Å². The minimum Gasteiger partial charge on any atom is -0.492 e. The molecule has 2 heterocycles. The highest BCUT2D eigenvalue weighted by Gasteiger charge is 2.41. The summed E-state index contributed by atoms with van der Waals surface area (Å²) in [5.41, 5.74) is -0.659. The lowest BCUT2D eigenvalue weighted by Crippen LogP contribution is -2.55. The van der Waals surface area contributed by atoms with E-state index in [1.54, 1.807) is 23.0 Å². The molecule has 136 valence electrons. The molecule has 3 rings (SSSR count). The van der Waals surface area contributed by atoms with Crippen molar-refractivity contribution in [1.82, 2.24) is 20.4 Å². The largest absolute Gasteiger partial charge is 0.492 e. The van der Waals surface area contributed by atoms with Gasteiger partial charge in [0.15, 0.2) is 0 Å². The van der Waals surface area contributed by atoms with Gasteiger partial charge in [0, 0.05) is 18.5 Å². The van der Waals surface area contributed by atoms with Gasteiger partial charge in [-0.1, -0.05) is 6.07 Å². The third-order valence-electron chi connectivity index (χ3n) is 4.25. The molecule has 0 radical (unpaired) electrons. The standard InChI is InChI=1S/C17H21FN4O2.ClH/c18-14-3-1-4-15(13-14)24-12-10-20-16(23)17(5-8-19-9-6-17)22-11-2-7-21-22;/h1-4,7,11,13,19H,5-6,8-10,12H2,(H,20,23);1H. The van der Waals surface area contributed by atoms with E-state index in [0.717, 1.165) is 13.1 Å². The molecule has 8 heteroatoms. The van der Waals surface area contributed by atoms with Crippen molar-refractivity contribution in [1.29, 1.82) is 0 Å². The predicted molar refractivity (Wildman–Crippen MR) is 94.5 cm³/mol. The molecule has 0 atom stereocenters. The molecule has 1 aliphatic heterocycles. The number of nitrogens with zero attached hydrogens (tertiary/aromatic N) is 2. The first-order valence-electron chi connectivity index (χ1n) is 8.08. The number of halogens is 2. The molecule has 1 aromatic heterocycles. The molecule has 6 nitrogen and oxygen atoms in total. The Morgan fingerprint density at radius 1 is 1.36 bits per heavy atom. The summed E-state index contributed by atoms with van der Waals surface area (Å²) >= 11 is 0. The van der Waals surface area contributed by atoms with E-state index in [4.69, 9.17) is 4.74 Å². The molecule has 1 aliphatic rings. The van der Waals surface area contributed by atoms with Crippen molar-refractivity contribution < 1.29 is 13.9 Å². The SMILES string of the molecule is Cl.O=C(NCCOc1cccc(F)c1)C1(n2cccn2)CCNCC1. The van der Waals surface area contributed by atoms with Crippen LogP contribution in [0.2, 0.25) is 0 Å². The van der Waals surface area contributed by atoms with Gasteiger partial charge in [-0.3, -0.25) is 9.48 Å². The summed E-state index contributed by atoms with van der Waals surface area (Å²) < 4.78 is 20.3. The second kappa shape index (κ2) is 8.82. The second-order valence-electron chi connectivity index (χ2n) is 5.79. The smallest absolute Gasteiger partial charge is 0.248 e. The fourth-order valence-electron chi connectivity index (χ4n) is 2.98. The summed E-state index contributed by atoms with van der Waals surface area (Å²) in [7, 11) is 0. The zero-order valence-corrected chi connectivity index (χ0v) is 14.6. The summed E-state index contributed by atoms with van der Waals surface area (Å²) in [5, 5.41) is 10.5. The molecular weight excluding hydrogens is 347 g/mol. The number of hydrogen-bond donors (Lipinski definition) is 2. The summed E-state index contributed by atoms with van der Waals surface area (Å²) in [4.78, 5) is 12.8. The number of carbonyl (C=O) groups excluding carboxylic acids is 1. The predicted octanol–water partition coefficient (Wildman–Crippen LogP) is 1.72. The molecule has 1 amide bonds. The van der Waals surface area contributed by atoms with Crippen molar-refractivity contribution >= 4 is 18.3 Å².